The molecule has 2 N–H and O–H groups in total. The van der Waals surface area contributed by atoms with E-state index >= 15 is 0 Å². The van der Waals surface area contributed by atoms with E-state index in [2.05, 4.69) is 4.98 Å². The zero-order valence-electron chi connectivity index (χ0n) is 23.1. The number of thioether (sulfide) groups is 1. The van der Waals surface area contributed by atoms with Gasteiger partial charge in [0, 0.05) is 33.7 Å². The van der Waals surface area contributed by atoms with Crippen molar-refractivity contribution in [2.75, 3.05) is 0 Å². The fraction of sp³-hybridized carbons (Fsp3) is 0.400. The lowest BCUT2D eigenvalue weighted by Gasteiger charge is -2.43. The molecule has 3 aromatic rings. The number of H-pyrrole nitrogens is 1. The summed E-state index contributed by atoms with van der Waals surface area (Å²) in [7, 11) is 0. The van der Waals surface area contributed by atoms with Crippen molar-refractivity contribution in [2.24, 2.45) is 29.6 Å². The van der Waals surface area contributed by atoms with Crippen LogP contribution in [0.5, 0.6) is 5.75 Å². The summed E-state index contributed by atoms with van der Waals surface area (Å²) in [5, 5.41) is 22.0. The third-order valence-electron chi connectivity index (χ3n) is 9.69. The van der Waals surface area contributed by atoms with Crippen LogP contribution in [0.2, 0.25) is 0 Å². The molecule has 2 amide bonds. The molecule has 1 aromatic heterocycles. The first-order valence-corrected chi connectivity index (χ1v) is 15.7. The van der Waals surface area contributed by atoms with Crippen LogP contribution in [0.15, 0.2) is 52.3 Å². The number of aromatic amines is 1. The number of non-ortho nitro benzene ring substituents is 1. The minimum absolute atomic E-state index is 0.118. The van der Waals surface area contributed by atoms with E-state index in [0.29, 0.717) is 22.8 Å². The zero-order chi connectivity index (χ0) is 30.3. The molecule has 7 rings (SSSR count). The number of rotatable bonds is 7. The van der Waals surface area contributed by atoms with Crippen molar-refractivity contribution in [3.8, 4) is 5.75 Å². The number of hydrogen-bond acceptors (Lipinski definition) is 9. The molecule has 2 aliphatic heterocycles. The number of imide groups is 1. The van der Waals surface area contributed by atoms with E-state index < -0.39 is 46.5 Å². The van der Waals surface area contributed by atoms with Crippen LogP contribution < -0.4 is 9.61 Å². The SMILES string of the molecule is Cc1ccccc1COc1ccc([N+](=O)[O-])cc1[C@H]1c2sc(=O)[nH]c2SC2C3CC(C4C(=O)N(C(C)C(=O)O)C(=O)C34)C21. The highest BCUT2D eigenvalue weighted by atomic mass is 32.2. The molecule has 11 nitrogen and oxygen atoms in total. The first-order chi connectivity index (χ1) is 20.6. The van der Waals surface area contributed by atoms with Crippen LogP contribution in [0.4, 0.5) is 5.69 Å². The molecule has 2 saturated carbocycles. The second kappa shape index (κ2) is 10.1. The van der Waals surface area contributed by atoms with Crippen molar-refractivity contribution in [1.82, 2.24) is 9.88 Å². The van der Waals surface area contributed by atoms with Gasteiger partial charge in [-0.05, 0) is 55.2 Å². The number of likely N-dealkylation sites (tertiary alicyclic amines) is 1. The molecule has 222 valence electrons. The fourth-order valence-corrected chi connectivity index (χ4v) is 10.7. The number of nitro groups is 1. The van der Waals surface area contributed by atoms with Crippen molar-refractivity contribution < 1.29 is 29.2 Å². The highest BCUT2D eigenvalue weighted by Gasteiger charge is 2.70. The third kappa shape index (κ3) is 4.15. The van der Waals surface area contributed by atoms with E-state index in [9.17, 15) is 34.4 Å². The molecule has 8 atom stereocenters. The Labute approximate surface area is 253 Å². The van der Waals surface area contributed by atoms with Gasteiger partial charge in [0.1, 0.15) is 18.4 Å². The Morgan fingerprint density at radius 2 is 1.88 bits per heavy atom. The molecule has 3 fully saturated rings. The second-order valence-electron chi connectivity index (χ2n) is 11.7. The smallest absolute Gasteiger partial charge is 0.326 e. The molecule has 0 spiro atoms. The van der Waals surface area contributed by atoms with Crippen molar-refractivity contribution in [3.63, 3.8) is 0 Å². The molecule has 13 heteroatoms. The molecule has 4 aliphatic rings. The van der Waals surface area contributed by atoms with Gasteiger partial charge in [-0.1, -0.05) is 35.6 Å². The van der Waals surface area contributed by atoms with Crippen LogP contribution in [-0.4, -0.2) is 49.0 Å². The Morgan fingerprint density at radius 3 is 2.58 bits per heavy atom. The Balaban J connectivity index is 1.34. The average molecular weight is 622 g/mol. The fourth-order valence-electron chi connectivity index (χ4n) is 7.83. The molecular formula is C30H27N3O8S2. The summed E-state index contributed by atoms with van der Waals surface area (Å²) >= 11 is 2.54. The number of carboxylic acid groups (broad SMARTS) is 1. The zero-order valence-corrected chi connectivity index (χ0v) is 24.7. The van der Waals surface area contributed by atoms with Crippen molar-refractivity contribution in [2.45, 2.75) is 49.1 Å². The highest BCUT2D eigenvalue weighted by molar-refractivity contribution is 8.00. The number of nitrogens with zero attached hydrogens (tertiary/aromatic N) is 2. The minimum Gasteiger partial charge on any atom is -0.489 e. The summed E-state index contributed by atoms with van der Waals surface area (Å²) in [5.41, 5.74) is 2.44. The molecule has 7 unspecified atom stereocenters. The lowest BCUT2D eigenvalue weighted by Crippen LogP contribution is -2.44. The largest absolute Gasteiger partial charge is 0.489 e. The maximum Gasteiger partial charge on any atom is 0.326 e. The van der Waals surface area contributed by atoms with Crippen LogP contribution in [-0.2, 0) is 21.0 Å². The molecular weight excluding hydrogens is 594 g/mol. The highest BCUT2D eigenvalue weighted by Crippen LogP contribution is 2.69. The topological polar surface area (TPSA) is 160 Å². The van der Waals surface area contributed by atoms with Gasteiger partial charge in [-0.15, -0.1) is 11.8 Å². The van der Waals surface area contributed by atoms with E-state index in [4.69, 9.17) is 4.74 Å². The van der Waals surface area contributed by atoms with E-state index in [0.717, 1.165) is 32.2 Å². The second-order valence-corrected chi connectivity index (χ2v) is 13.9. The van der Waals surface area contributed by atoms with Gasteiger partial charge in [-0.2, -0.15) is 0 Å². The Bertz CT molecular complexity index is 1770. The first kappa shape index (κ1) is 27.8. The van der Waals surface area contributed by atoms with Crippen LogP contribution in [0.1, 0.15) is 40.8 Å². The number of carbonyl (C=O) groups excluding carboxylic acids is 2. The van der Waals surface area contributed by atoms with Crippen LogP contribution in [0.3, 0.4) is 0 Å². The van der Waals surface area contributed by atoms with Crippen LogP contribution in [0, 0.1) is 46.6 Å². The summed E-state index contributed by atoms with van der Waals surface area (Å²) in [4.78, 5) is 67.4. The number of nitro benzene ring substituents is 1. The summed E-state index contributed by atoms with van der Waals surface area (Å²) in [5.74, 6) is -4.21. The minimum atomic E-state index is -1.27. The number of hydrogen-bond donors (Lipinski definition) is 2. The number of carbonyl (C=O) groups is 3. The van der Waals surface area contributed by atoms with Crippen LogP contribution in [0.25, 0.3) is 0 Å². The average Bonchev–Trinajstić information content (AvgIpc) is 3.71. The van der Waals surface area contributed by atoms with Gasteiger partial charge in [0.15, 0.2) is 0 Å². The standard InChI is InChI=1S/C30H27N3O8S2/c1-12-5-3-4-6-14(12)11-41-19-8-7-15(33(39)40)9-16(19)20-21-17-10-18(24(21)42-26-25(20)43-30(38)31-26)23-22(17)27(34)32(28(23)35)13(2)29(36)37/h3-9,13,17-18,20-24H,10-11H2,1-2H3,(H,31,38)(H,36,37)/t13?,17?,18?,20-,21?,22?,23?,24?/m1/s1. The van der Waals surface area contributed by atoms with E-state index in [1.807, 2.05) is 31.2 Å². The molecule has 0 radical (unpaired) electrons. The number of fused-ring (bicyclic) bond motifs is 9. The molecule has 2 aliphatic carbocycles. The quantitative estimate of drug-likeness (QED) is 0.224. The van der Waals surface area contributed by atoms with Gasteiger partial charge in [0.25, 0.3) is 5.69 Å². The number of thiazole rings is 1. The summed E-state index contributed by atoms with van der Waals surface area (Å²) in [6.45, 7) is 3.55. The molecule has 3 heterocycles. The number of aliphatic carboxylic acids is 1. The number of aromatic nitrogens is 1. The summed E-state index contributed by atoms with van der Waals surface area (Å²) < 4.78 is 6.33. The normalized spacial score (nSPS) is 29.3. The van der Waals surface area contributed by atoms with Gasteiger partial charge >= 0.3 is 10.8 Å². The van der Waals surface area contributed by atoms with Crippen molar-refractivity contribution in [1.29, 1.82) is 0 Å². The molecule has 43 heavy (non-hydrogen) atoms. The monoisotopic (exact) mass is 621 g/mol. The van der Waals surface area contributed by atoms with E-state index in [1.54, 1.807) is 6.07 Å². The van der Waals surface area contributed by atoms with Gasteiger partial charge in [-0.25, -0.2) is 4.79 Å². The first-order valence-electron chi connectivity index (χ1n) is 14.0. The molecule has 1 saturated heterocycles. The summed E-state index contributed by atoms with van der Waals surface area (Å²) in [6, 6.07) is 11.0. The lowest BCUT2D eigenvalue weighted by atomic mass is 9.68. The lowest BCUT2D eigenvalue weighted by molar-refractivity contribution is -0.385. The number of aryl methyl sites for hydroxylation is 1. The Kier molecular flexibility index (Phi) is 6.51. The molecule has 2 aromatic carbocycles. The van der Waals surface area contributed by atoms with Gasteiger partial charge in [0.2, 0.25) is 11.8 Å². The third-order valence-corrected chi connectivity index (χ3v) is 12.3. The number of benzene rings is 2. The van der Waals surface area contributed by atoms with Crippen molar-refractivity contribution in [3.05, 3.63) is 83.8 Å². The van der Waals surface area contributed by atoms with E-state index in [1.165, 1.54) is 30.8 Å². The number of amides is 2. The Morgan fingerprint density at radius 1 is 1.16 bits per heavy atom. The number of nitrogens with one attached hydrogen (secondary N) is 1. The van der Waals surface area contributed by atoms with Gasteiger partial charge in [-0.3, -0.25) is 29.4 Å². The van der Waals surface area contributed by atoms with E-state index in [-0.39, 0.29) is 40.2 Å². The number of carboxylic acids is 1. The molecule has 2 bridgehead atoms. The Hall–Kier alpha value is -3.97. The van der Waals surface area contributed by atoms with Gasteiger partial charge in [0.05, 0.1) is 21.8 Å². The number of ether oxygens (including phenoxy) is 1. The maximum atomic E-state index is 13.7. The van der Waals surface area contributed by atoms with Crippen LogP contribution >= 0.6 is 23.1 Å². The predicted octanol–water partition coefficient (Wildman–Crippen LogP) is 4.18. The van der Waals surface area contributed by atoms with Crippen molar-refractivity contribution >= 4 is 46.6 Å². The maximum absolute atomic E-state index is 13.7. The predicted molar refractivity (Wildman–Crippen MR) is 156 cm³/mol. The van der Waals surface area contributed by atoms with Gasteiger partial charge < -0.3 is 14.8 Å². The summed E-state index contributed by atoms with van der Waals surface area (Å²) in [6.07, 6.45) is 0.606.